The molecule has 31 heavy (non-hydrogen) atoms. The second-order valence-corrected chi connectivity index (χ2v) is 7.52. The van der Waals surface area contributed by atoms with Crippen LogP contribution in [0.1, 0.15) is 27.4 Å². The van der Waals surface area contributed by atoms with Gasteiger partial charge in [-0.15, -0.1) is 0 Å². The minimum absolute atomic E-state index is 0.0171. The summed E-state index contributed by atoms with van der Waals surface area (Å²) in [7, 11) is 0. The predicted molar refractivity (Wildman–Crippen MR) is 117 cm³/mol. The molecule has 0 aliphatic carbocycles. The zero-order valence-electron chi connectivity index (χ0n) is 16.9. The summed E-state index contributed by atoms with van der Waals surface area (Å²) in [6.07, 6.45) is 1.54. The standard InChI is InChI=1S/C22H17ClFN5O2/c1-11-8-18-19(26-13(11)3)21(30)20(22(31)27-15-6-7-25-12(2)9-15)28-29(18)17-5-4-14(23)10-16(17)24/h4-10H,1-3H3,(H,25,27,31). The Labute approximate surface area is 181 Å². The van der Waals surface area contributed by atoms with E-state index in [2.05, 4.69) is 20.4 Å². The maximum absolute atomic E-state index is 14.7. The molecule has 1 amide bonds. The van der Waals surface area contributed by atoms with Crippen molar-refractivity contribution in [1.82, 2.24) is 19.7 Å². The first-order chi connectivity index (χ1) is 14.7. The van der Waals surface area contributed by atoms with Crippen molar-refractivity contribution in [1.29, 1.82) is 0 Å². The minimum Gasteiger partial charge on any atom is -0.320 e. The van der Waals surface area contributed by atoms with Crippen molar-refractivity contribution in [3.8, 4) is 5.69 Å². The average Bonchev–Trinajstić information content (AvgIpc) is 2.70. The number of fused-ring (bicyclic) bond motifs is 1. The minimum atomic E-state index is -0.736. The van der Waals surface area contributed by atoms with Gasteiger partial charge in [0.2, 0.25) is 5.43 Å². The topological polar surface area (TPSA) is 89.8 Å². The third kappa shape index (κ3) is 3.89. The number of rotatable bonds is 3. The number of pyridine rings is 2. The first-order valence-electron chi connectivity index (χ1n) is 9.35. The summed E-state index contributed by atoms with van der Waals surface area (Å²) in [6, 6.07) is 9.00. The van der Waals surface area contributed by atoms with E-state index in [0.717, 1.165) is 11.6 Å². The van der Waals surface area contributed by atoms with Crippen LogP contribution in [0.2, 0.25) is 5.02 Å². The fourth-order valence-corrected chi connectivity index (χ4v) is 3.29. The molecule has 0 atom stereocenters. The van der Waals surface area contributed by atoms with Gasteiger partial charge in [0.15, 0.2) is 5.69 Å². The molecular formula is C22H17ClFN5O2. The lowest BCUT2D eigenvalue weighted by Crippen LogP contribution is -2.28. The van der Waals surface area contributed by atoms with E-state index in [1.54, 1.807) is 32.0 Å². The molecule has 0 aliphatic rings. The summed E-state index contributed by atoms with van der Waals surface area (Å²) in [4.78, 5) is 34.4. The lowest BCUT2D eigenvalue weighted by Gasteiger charge is -2.14. The van der Waals surface area contributed by atoms with Crippen LogP contribution in [-0.2, 0) is 0 Å². The highest BCUT2D eigenvalue weighted by molar-refractivity contribution is 6.30. The Morgan fingerprint density at radius 2 is 1.90 bits per heavy atom. The number of aromatic nitrogens is 4. The lowest BCUT2D eigenvalue weighted by molar-refractivity contribution is 0.102. The first kappa shape index (κ1) is 20.6. The van der Waals surface area contributed by atoms with Gasteiger partial charge >= 0.3 is 0 Å². The zero-order valence-corrected chi connectivity index (χ0v) is 17.7. The van der Waals surface area contributed by atoms with Gasteiger partial charge in [-0.1, -0.05) is 11.6 Å². The highest BCUT2D eigenvalue weighted by Crippen LogP contribution is 2.22. The second-order valence-electron chi connectivity index (χ2n) is 7.08. The Morgan fingerprint density at radius 1 is 1.13 bits per heavy atom. The third-order valence-electron chi connectivity index (χ3n) is 4.81. The molecule has 9 heteroatoms. The van der Waals surface area contributed by atoms with E-state index in [9.17, 15) is 14.0 Å². The van der Waals surface area contributed by atoms with Crippen LogP contribution in [0.25, 0.3) is 16.7 Å². The quantitative estimate of drug-likeness (QED) is 0.520. The van der Waals surface area contributed by atoms with E-state index >= 15 is 0 Å². The molecule has 7 nitrogen and oxygen atoms in total. The second kappa shape index (κ2) is 7.88. The third-order valence-corrected chi connectivity index (χ3v) is 5.05. The van der Waals surface area contributed by atoms with Gasteiger partial charge in [-0.25, -0.2) is 14.1 Å². The Balaban J connectivity index is 1.96. The average molecular weight is 438 g/mol. The van der Waals surface area contributed by atoms with Crippen molar-refractivity contribution in [3.05, 3.63) is 86.3 Å². The van der Waals surface area contributed by atoms with Gasteiger partial charge in [-0.3, -0.25) is 14.6 Å². The molecule has 0 saturated heterocycles. The number of hydrogen-bond donors (Lipinski definition) is 1. The number of nitrogens with zero attached hydrogens (tertiary/aromatic N) is 4. The predicted octanol–water partition coefficient (Wildman–Crippen LogP) is 4.15. The van der Waals surface area contributed by atoms with E-state index < -0.39 is 22.8 Å². The fraction of sp³-hybridized carbons (Fsp3) is 0.136. The Hall–Kier alpha value is -3.65. The van der Waals surface area contributed by atoms with Gasteiger partial charge in [0, 0.05) is 28.3 Å². The summed E-state index contributed by atoms with van der Waals surface area (Å²) in [5, 5.41) is 7.05. The van der Waals surface area contributed by atoms with Gasteiger partial charge in [-0.2, -0.15) is 5.10 Å². The molecule has 4 aromatic rings. The molecule has 156 valence electrons. The van der Waals surface area contributed by atoms with Gasteiger partial charge in [0.1, 0.15) is 17.0 Å². The fourth-order valence-electron chi connectivity index (χ4n) is 3.13. The van der Waals surface area contributed by atoms with Crippen LogP contribution < -0.4 is 10.7 Å². The smallest absolute Gasteiger partial charge is 0.280 e. The van der Waals surface area contributed by atoms with E-state index in [-0.39, 0.29) is 21.7 Å². The maximum atomic E-state index is 14.7. The Kier molecular flexibility index (Phi) is 5.24. The summed E-state index contributed by atoms with van der Waals surface area (Å²) in [5.41, 5.74) is 1.84. The number of carbonyl (C=O) groups excluding carboxylic acids is 1. The molecular weight excluding hydrogens is 421 g/mol. The van der Waals surface area contributed by atoms with Gasteiger partial charge in [0.05, 0.1) is 5.52 Å². The van der Waals surface area contributed by atoms with Crippen LogP contribution in [0.5, 0.6) is 0 Å². The summed E-state index contributed by atoms with van der Waals surface area (Å²) in [6.45, 7) is 5.35. The van der Waals surface area contributed by atoms with Crippen LogP contribution in [0.3, 0.4) is 0 Å². The van der Waals surface area contributed by atoms with Crippen molar-refractivity contribution >= 4 is 34.2 Å². The Morgan fingerprint density at radius 3 is 2.61 bits per heavy atom. The molecule has 0 saturated carbocycles. The van der Waals surface area contributed by atoms with E-state index in [0.29, 0.717) is 17.1 Å². The molecule has 3 heterocycles. The molecule has 0 radical (unpaired) electrons. The van der Waals surface area contributed by atoms with Crippen molar-refractivity contribution < 1.29 is 9.18 Å². The SMILES string of the molecule is Cc1cc(NC(=O)c2nn(-c3ccc(Cl)cc3F)c3cc(C)c(C)nc3c2=O)ccn1. The molecule has 1 aromatic carbocycles. The molecule has 4 rings (SSSR count). The molecule has 3 aromatic heterocycles. The summed E-state index contributed by atoms with van der Waals surface area (Å²) < 4.78 is 15.9. The van der Waals surface area contributed by atoms with Crippen molar-refractivity contribution in [2.75, 3.05) is 5.32 Å². The Bertz CT molecular complexity index is 1420. The zero-order chi connectivity index (χ0) is 22.3. The van der Waals surface area contributed by atoms with Crippen LogP contribution in [-0.4, -0.2) is 25.7 Å². The highest BCUT2D eigenvalue weighted by Gasteiger charge is 2.21. The van der Waals surface area contributed by atoms with Crippen LogP contribution >= 0.6 is 11.6 Å². The molecule has 0 aliphatic heterocycles. The number of benzene rings is 1. The van der Waals surface area contributed by atoms with Gasteiger partial charge in [-0.05, 0) is 62.7 Å². The van der Waals surface area contributed by atoms with E-state index in [1.165, 1.54) is 23.0 Å². The van der Waals surface area contributed by atoms with Gasteiger partial charge in [0.25, 0.3) is 5.91 Å². The van der Waals surface area contributed by atoms with Crippen LogP contribution in [0, 0.1) is 26.6 Å². The number of aryl methyl sites for hydroxylation is 3. The summed E-state index contributed by atoms with van der Waals surface area (Å²) in [5.74, 6) is -1.39. The maximum Gasteiger partial charge on any atom is 0.280 e. The molecule has 0 fully saturated rings. The van der Waals surface area contributed by atoms with Gasteiger partial charge < -0.3 is 5.32 Å². The molecule has 0 unspecified atom stereocenters. The number of anilines is 1. The first-order valence-corrected chi connectivity index (χ1v) is 9.73. The number of carbonyl (C=O) groups is 1. The number of nitrogens with one attached hydrogen (secondary N) is 1. The largest absolute Gasteiger partial charge is 0.320 e. The van der Waals surface area contributed by atoms with Crippen molar-refractivity contribution in [2.24, 2.45) is 0 Å². The van der Waals surface area contributed by atoms with Crippen LogP contribution in [0.4, 0.5) is 10.1 Å². The summed E-state index contributed by atoms with van der Waals surface area (Å²) >= 11 is 5.88. The number of halogens is 2. The lowest BCUT2D eigenvalue weighted by atomic mass is 10.1. The number of hydrogen-bond acceptors (Lipinski definition) is 5. The van der Waals surface area contributed by atoms with Crippen LogP contribution in [0.15, 0.2) is 47.4 Å². The van der Waals surface area contributed by atoms with Crippen molar-refractivity contribution in [3.63, 3.8) is 0 Å². The molecule has 0 spiro atoms. The van der Waals surface area contributed by atoms with E-state index in [1.807, 2.05) is 6.92 Å². The highest BCUT2D eigenvalue weighted by atomic mass is 35.5. The molecule has 0 bridgehead atoms. The van der Waals surface area contributed by atoms with Crippen molar-refractivity contribution in [2.45, 2.75) is 20.8 Å². The molecule has 1 N–H and O–H groups in total. The number of amides is 1. The normalized spacial score (nSPS) is 11.0. The van der Waals surface area contributed by atoms with E-state index in [4.69, 9.17) is 11.6 Å². The monoisotopic (exact) mass is 437 g/mol.